The third-order valence-electron chi connectivity index (χ3n) is 2.70. The second kappa shape index (κ2) is 4.55. The summed E-state index contributed by atoms with van der Waals surface area (Å²) < 4.78 is 6.39. The summed E-state index contributed by atoms with van der Waals surface area (Å²) in [6.07, 6.45) is 0. The Morgan fingerprint density at radius 3 is 2.83 bits per heavy atom. The van der Waals surface area contributed by atoms with Crippen molar-refractivity contribution >= 4 is 33.0 Å². The zero-order valence-electron chi connectivity index (χ0n) is 9.55. The molecule has 0 unspecified atom stereocenters. The van der Waals surface area contributed by atoms with Gasteiger partial charge in [0.25, 0.3) is 0 Å². The summed E-state index contributed by atoms with van der Waals surface area (Å²) in [5, 5.41) is 11.6. The lowest BCUT2D eigenvalue weighted by atomic mass is 10.1. The fourth-order valence-corrected chi connectivity index (χ4v) is 3.01. The SMILES string of the molecule is COc1ccccc1-c1nnc(Cl)c2ccsc12. The van der Waals surface area contributed by atoms with Crippen molar-refractivity contribution in [1.82, 2.24) is 10.2 Å². The van der Waals surface area contributed by atoms with Crippen molar-refractivity contribution in [3.8, 4) is 17.0 Å². The Labute approximate surface area is 113 Å². The number of thiophene rings is 1. The van der Waals surface area contributed by atoms with Crippen molar-refractivity contribution in [1.29, 1.82) is 0 Å². The van der Waals surface area contributed by atoms with Crippen molar-refractivity contribution in [2.75, 3.05) is 7.11 Å². The van der Waals surface area contributed by atoms with Crippen LogP contribution in [0.15, 0.2) is 35.7 Å². The van der Waals surface area contributed by atoms with Crippen LogP contribution in [0.5, 0.6) is 5.75 Å². The van der Waals surface area contributed by atoms with E-state index < -0.39 is 0 Å². The summed E-state index contributed by atoms with van der Waals surface area (Å²) in [5.74, 6) is 0.781. The number of ether oxygens (including phenoxy) is 1. The first-order valence-corrected chi connectivity index (χ1v) is 6.60. The maximum Gasteiger partial charge on any atom is 0.160 e. The van der Waals surface area contributed by atoms with Gasteiger partial charge in [0.1, 0.15) is 11.4 Å². The zero-order valence-corrected chi connectivity index (χ0v) is 11.1. The number of nitrogens with zero attached hydrogens (tertiary/aromatic N) is 2. The number of methoxy groups -OCH3 is 1. The third-order valence-corrected chi connectivity index (χ3v) is 3.90. The molecule has 0 saturated heterocycles. The average molecular weight is 277 g/mol. The van der Waals surface area contributed by atoms with E-state index >= 15 is 0 Å². The first-order valence-electron chi connectivity index (χ1n) is 5.34. The predicted molar refractivity (Wildman–Crippen MR) is 74.4 cm³/mol. The number of halogens is 1. The third kappa shape index (κ3) is 1.74. The van der Waals surface area contributed by atoms with Gasteiger partial charge in [0.05, 0.1) is 11.8 Å². The van der Waals surface area contributed by atoms with Gasteiger partial charge in [-0.05, 0) is 23.6 Å². The molecular weight excluding hydrogens is 268 g/mol. The molecule has 3 rings (SSSR count). The highest BCUT2D eigenvalue weighted by Gasteiger charge is 2.14. The lowest BCUT2D eigenvalue weighted by Crippen LogP contribution is -1.92. The maximum atomic E-state index is 6.03. The van der Waals surface area contributed by atoms with Gasteiger partial charge in [-0.15, -0.1) is 21.5 Å². The maximum absolute atomic E-state index is 6.03. The van der Waals surface area contributed by atoms with Crippen LogP contribution in [0.2, 0.25) is 5.15 Å². The number of benzene rings is 1. The Balaban J connectivity index is 2.32. The van der Waals surface area contributed by atoms with E-state index in [0.29, 0.717) is 5.15 Å². The van der Waals surface area contributed by atoms with Gasteiger partial charge in [0.15, 0.2) is 5.15 Å². The second-order valence-electron chi connectivity index (χ2n) is 3.70. The number of para-hydroxylation sites is 1. The molecule has 3 aromatic rings. The molecule has 0 aliphatic heterocycles. The molecule has 0 aliphatic rings. The summed E-state index contributed by atoms with van der Waals surface area (Å²) in [6, 6.07) is 9.71. The van der Waals surface area contributed by atoms with Gasteiger partial charge < -0.3 is 4.74 Å². The molecule has 0 amide bonds. The Kier molecular flexibility index (Phi) is 2.89. The van der Waals surface area contributed by atoms with E-state index in [4.69, 9.17) is 16.3 Å². The highest BCUT2D eigenvalue weighted by atomic mass is 35.5. The topological polar surface area (TPSA) is 35.0 Å². The normalized spacial score (nSPS) is 10.8. The van der Waals surface area contributed by atoms with Crippen LogP contribution in [0.3, 0.4) is 0 Å². The van der Waals surface area contributed by atoms with Crippen molar-refractivity contribution < 1.29 is 4.74 Å². The number of hydrogen-bond acceptors (Lipinski definition) is 4. The molecule has 3 nitrogen and oxygen atoms in total. The molecule has 5 heteroatoms. The Bertz CT molecular complexity index is 711. The summed E-state index contributed by atoms with van der Waals surface area (Å²) in [7, 11) is 1.65. The lowest BCUT2D eigenvalue weighted by molar-refractivity contribution is 0.416. The quantitative estimate of drug-likeness (QED) is 0.709. The molecule has 1 aromatic carbocycles. The van der Waals surface area contributed by atoms with E-state index in [1.807, 2.05) is 35.7 Å². The minimum Gasteiger partial charge on any atom is -0.496 e. The molecule has 0 atom stereocenters. The van der Waals surface area contributed by atoms with Crippen LogP contribution in [0.25, 0.3) is 21.3 Å². The van der Waals surface area contributed by atoms with Crippen LogP contribution in [-0.4, -0.2) is 17.3 Å². The van der Waals surface area contributed by atoms with Crippen LogP contribution in [0, 0.1) is 0 Å². The van der Waals surface area contributed by atoms with Gasteiger partial charge in [-0.25, -0.2) is 0 Å². The minimum atomic E-state index is 0.435. The molecular formula is C13H9ClN2OS. The van der Waals surface area contributed by atoms with E-state index in [-0.39, 0.29) is 0 Å². The van der Waals surface area contributed by atoms with Crippen LogP contribution in [-0.2, 0) is 0 Å². The van der Waals surface area contributed by atoms with Crippen LogP contribution < -0.4 is 4.74 Å². The molecule has 0 spiro atoms. The summed E-state index contributed by atoms with van der Waals surface area (Å²) in [4.78, 5) is 0. The van der Waals surface area contributed by atoms with E-state index in [0.717, 1.165) is 27.1 Å². The van der Waals surface area contributed by atoms with Crippen molar-refractivity contribution in [2.24, 2.45) is 0 Å². The van der Waals surface area contributed by atoms with E-state index in [1.165, 1.54) is 0 Å². The van der Waals surface area contributed by atoms with Crippen LogP contribution in [0.4, 0.5) is 0 Å². The first kappa shape index (κ1) is 11.4. The first-order chi connectivity index (χ1) is 8.81. The molecule has 0 aliphatic carbocycles. The summed E-state index contributed by atoms with van der Waals surface area (Å²) in [5.41, 5.74) is 1.73. The minimum absolute atomic E-state index is 0.435. The number of fused-ring (bicyclic) bond motifs is 1. The molecule has 18 heavy (non-hydrogen) atoms. The highest BCUT2D eigenvalue weighted by Crippen LogP contribution is 2.37. The van der Waals surface area contributed by atoms with Gasteiger partial charge in [0, 0.05) is 10.9 Å². The predicted octanol–water partition coefficient (Wildman–Crippen LogP) is 4.02. The molecule has 0 fully saturated rings. The molecule has 2 aromatic heterocycles. The molecule has 90 valence electrons. The summed E-state index contributed by atoms with van der Waals surface area (Å²) in [6.45, 7) is 0. The summed E-state index contributed by atoms with van der Waals surface area (Å²) >= 11 is 7.63. The Hall–Kier alpha value is -1.65. The monoisotopic (exact) mass is 276 g/mol. The smallest absolute Gasteiger partial charge is 0.160 e. The molecule has 0 bridgehead atoms. The number of hydrogen-bond donors (Lipinski definition) is 0. The van der Waals surface area contributed by atoms with Crippen LogP contribution >= 0.6 is 22.9 Å². The van der Waals surface area contributed by atoms with Gasteiger partial charge in [-0.2, -0.15) is 0 Å². The molecule has 0 radical (unpaired) electrons. The standard InChI is InChI=1S/C13H9ClN2OS/c1-17-10-5-3-2-4-8(10)11-12-9(6-7-18-12)13(14)16-15-11/h2-7H,1H3. The van der Waals surface area contributed by atoms with Crippen molar-refractivity contribution in [3.05, 3.63) is 40.9 Å². The van der Waals surface area contributed by atoms with Crippen molar-refractivity contribution in [2.45, 2.75) is 0 Å². The fraction of sp³-hybridized carbons (Fsp3) is 0.0769. The number of aromatic nitrogens is 2. The second-order valence-corrected chi connectivity index (χ2v) is 4.98. The zero-order chi connectivity index (χ0) is 12.5. The Morgan fingerprint density at radius 1 is 1.17 bits per heavy atom. The van der Waals surface area contributed by atoms with Gasteiger partial charge in [-0.1, -0.05) is 23.7 Å². The van der Waals surface area contributed by atoms with E-state index in [2.05, 4.69) is 10.2 Å². The van der Waals surface area contributed by atoms with E-state index in [9.17, 15) is 0 Å². The molecule has 0 N–H and O–H groups in total. The van der Waals surface area contributed by atoms with Crippen LogP contribution in [0.1, 0.15) is 0 Å². The van der Waals surface area contributed by atoms with Crippen molar-refractivity contribution in [3.63, 3.8) is 0 Å². The fourth-order valence-electron chi connectivity index (χ4n) is 1.86. The molecule has 2 heterocycles. The van der Waals surface area contributed by atoms with E-state index in [1.54, 1.807) is 18.4 Å². The Morgan fingerprint density at radius 2 is 2.00 bits per heavy atom. The molecule has 0 saturated carbocycles. The number of rotatable bonds is 2. The average Bonchev–Trinajstić information content (AvgIpc) is 2.89. The lowest BCUT2D eigenvalue weighted by Gasteiger charge is -2.07. The van der Waals surface area contributed by atoms with Gasteiger partial charge in [-0.3, -0.25) is 0 Å². The largest absolute Gasteiger partial charge is 0.496 e. The van der Waals surface area contributed by atoms with Gasteiger partial charge >= 0.3 is 0 Å². The highest BCUT2D eigenvalue weighted by molar-refractivity contribution is 7.17. The van der Waals surface area contributed by atoms with Gasteiger partial charge in [0.2, 0.25) is 0 Å².